The van der Waals surface area contributed by atoms with Crippen LogP contribution in [0.3, 0.4) is 0 Å². The third-order valence-corrected chi connectivity index (χ3v) is 4.58. The van der Waals surface area contributed by atoms with Gasteiger partial charge in [0.2, 0.25) is 0 Å². The van der Waals surface area contributed by atoms with E-state index in [1.807, 2.05) is 29.4 Å². The Morgan fingerprint density at radius 3 is 2.96 bits per heavy atom. The largest absolute Gasteiger partial charge is 0.467 e. The van der Waals surface area contributed by atoms with Crippen molar-refractivity contribution in [2.75, 3.05) is 32.7 Å². The number of furan rings is 1. The first kappa shape index (κ1) is 15.7. The smallest absolute Gasteiger partial charge is 0.317 e. The van der Waals surface area contributed by atoms with Gasteiger partial charge >= 0.3 is 6.03 Å². The summed E-state index contributed by atoms with van der Waals surface area (Å²) < 4.78 is 5.23. The minimum absolute atomic E-state index is 0.0580. The molecule has 1 N–H and O–H groups in total. The minimum Gasteiger partial charge on any atom is -0.467 e. The van der Waals surface area contributed by atoms with Crippen LogP contribution in [0.4, 0.5) is 4.79 Å². The van der Waals surface area contributed by atoms with Crippen molar-refractivity contribution < 1.29 is 9.21 Å². The average Bonchev–Trinajstić information content (AvgIpc) is 3.27. The maximum atomic E-state index is 12.2. The van der Waals surface area contributed by atoms with Crippen molar-refractivity contribution in [3.8, 4) is 0 Å². The van der Waals surface area contributed by atoms with Crippen molar-refractivity contribution in [1.29, 1.82) is 0 Å². The fourth-order valence-electron chi connectivity index (χ4n) is 3.23. The summed E-state index contributed by atoms with van der Waals surface area (Å²) in [6.07, 6.45) is 5.51. The average molecular weight is 342 g/mol. The number of rotatable bonds is 3. The van der Waals surface area contributed by atoms with E-state index in [4.69, 9.17) is 4.42 Å². The molecule has 0 aromatic carbocycles. The van der Waals surface area contributed by atoms with Crippen molar-refractivity contribution >= 4 is 18.2 Å². The van der Waals surface area contributed by atoms with Gasteiger partial charge in [-0.2, -0.15) is 0 Å². The molecular weight excluding hydrogens is 320 g/mol. The summed E-state index contributed by atoms with van der Waals surface area (Å²) in [6.45, 7) is 6.28. The van der Waals surface area contributed by atoms with Crippen molar-refractivity contribution in [3.05, 3.63) is 36.1 Å². The Morgan fingerprint density at radius 2 is 2.20 bits per heavy atom. The zero-order chi connectivity index (χ0) is 17.2. The quantitative estimate of drug-likeness (QED) is 0.892. The van der Waals surface area contributed by atoms with Gasteiger partial charge in [-0.25, -0.2) is 9.79 Å². The summed E-state index contributed by atoms with van der Waals surface area (Å²) in [5, 5.41) is 2.89. The van der Waals surface area contributed by atoms with E-state index in [0.29, 0.717) is 25.7 Å². The normalized spacial score (nSPS) is 22.6. The van der Waals surface area contributed by atoms with Crippen molar-refractivity contribution in [1.82, 2.24) is 20.0 Å². The molecule has 4 heterocycles. The number of nitrogens with one attached hydrogen (secondary N) is 1. The van der Waals surface area contributed by atoms with E-state index >= 15 is 0 Å². The van der Waals surface area contributed by atoms with Gasteiger partial charge in [0.15, 0.2) is 0 Å². The van der Waals surface area contributed by atoms with Crippen LogP contribution in [0.1, 0.15) is 12.7 Å². The molecular formula is C17H22N6O2. The van der Waals surface area contributed by atoms with Crippen LogP contribution in [0.25, 0.3) is 0 Å². The van der Waals surface area contributed by atoms with Gasteiger partial charge in [-0.3, -0.25) is 4.99 Å². The van der Waals surface area contributed by atoms with Gasteiger partial charge in [0, 0.05) is 38.8 Å². The second-order valence-electron chi connectivity index (χ2n) is 6.45. The van der Waals surface area contributed by atoms with E-state index < -0.39 is 0 Å². The Kier molecular flexibility index (Phi) is 4.17. The van der Waals surface area contributed by atoms with Crippen LogP contribution in [-0.2, 0) is 6.54 Å². The fraction of sp³-hybridized carbons (Fsp3) is 0.471. The van der Waals surface area contributed by atoms with E-state index in [9.17, 15) is 4.79 Å². The van der Waals surface area contributed by atoms with Gasteiger partial charge in [-0.05, 0) is 19.1 Å². The molecule has 25 heavy (non-hydrogen) atoms. The number of carbonyl (C=O) groups is 1. The summed E-state index contributed by atoms with van der Waals surface area (Å²) in [6, 6.07) is 3.92. The number of carbonyl (C=O) groups excluding carboxylic acids is 1. The van der Waals surface area contributed by atoms with Gasteiger partial charge in [0.05, 0.1) is 25.2 Å². The van der Waals surface area contributed by atoms with E-state index in [1.54, 1.807) is 6.26 Å². The van der Waals surface area contributed by atoms with Crippen LogP contribution < -0.4 is 5.32 Å². The van der Waals surface area contributed by atoms with Gasteiger partial charge in [0.25, 0.3) is 0 Å². The van der Waals surface area contributed by atoms with Crippen molar-refractivity contribution in [3.63, 3.8) is 0 Å². The molecule has 1 fully saturated rings. The molecule has 0 spiro atoms. The van der Waals surface area contributed by atoms with Crippen LogP contribution >= 0.6 is 0 Å². The molecule has 4 rings (SSSR count). The predicted molar refractivity (Wildman–Crippen MR) is 94.3 cm³/mol. The number of fused-ring (bicyclic) bond motifs is 1. The monoisotopic (exact) mass is 342 g/mol. The molecule has 2 amide bonds. The molecule has 1 aromatic rings. The van der Waals surface area contributed by atoms with Gasteiger partial charge in [0.1, 0.15) is 17.4 Å². The standard InChI is InChI=1S/C17H22N6O2/c1-13-11-23-12-19-15(9-16(23)20-13)21-4-6-22(7-5-21)17(24)18-10-14-3-2-8-25-14/h2-3,8-9,12-13H,4-7,10-11H2,1H3,(H,18,24)/t13-/m0/s1. The lowest BCUT2D eigenvalue weighted by Gasteiger charge is -2.36. The number of hydrogen-bond donors (Lipinski definition) is 1. The van der Waals surface area contributed by atoms with Crippen LogP contribution in [-0.4, -0.2) is 71.7 Å². The highest BCUT2D eigenvalue weighted by Gasteiger charge is 2.27. The first-order valence-electron chi connectivity index (χ1n) is 8.59. The highest BCUT2D eigenvalue weighted by Crippen LogP contribution is 2.18. The summed E-state index contributed by atoms with van der Waals surface area (Å²) in [4.78, 5) is 27.5. The fourth-order valence-corrected chi connectivity index (χ4v) is 3.23. The molecule has 0 radical (unpaired) electrons. The summed E-state index contributed by atoms with van der Waals surface area (Å²) in [5.41, 5.74) is 0. The molecule has 0 saturated carbocycles. The second-order valence-corrected chi connectivity index (χ2v) is 6.45. The molecule has 8 nitrogen and oxygen atoms in total. The SMILES string of the molecule is C[C@H]1CN2C=NC(N3CCN(C(=O)NCc4ccco4)CC3)=CC2=N1. The lowest BCUT2D eigenvalue weighted by molar-refractivity contribution is 0.155. The molecule has 1 aromatic heterocycles. The Bertz CT molecular complexity index is 716. The Hall–Kier alpha value is -2.77. The molecule has 0 unspecified atom stereocenters. The summed E-state index contributed by atoms with van der Waals surface area (Å²) in [7, 11) is 0. The third-order valence-electron chi connectivity index (χ3n) is 4.58. The van der Waals surface area contributed by atoms with E-state index in [2.05, 4.69) is 32.0 Å². The third kappa shape index (κ3) is 3.38. The summed E-state index contributed by atoms with van der Waals surface area (Å²) in [5.74, 6) is 2.67. The molecule has 3 aliphatic rings. The molecule has 0 aliphatic carbocycles. The highest BCUT2D eigenvalue weighted by molar-refractivity contribution is 6.03. The van der Waals surface area contributed by atoms with Crippen molar-refractivity contribution in [2.24, 2.45) is 9.98 Å². The Balaban J connectivity index is 1.30. The van der Waals surface area contributed by atoms with Crippen LogP contribution in [0.2, 0.25) is 0 Å². The maximum absolute atomic E-state index is 12.2. The lowest BCUT2D eigenvalue weighted by atomic mass is 10.3. The zero-order valence-electron chi connectivity index (χ0n) is 14.3. The molecule has 0 bridgehead atoms. The maximum Gasteiger partial charge on any atom is 0.317 e. The van der Waals surface area contributed by atoms with Crippen LogP contribution in [0, 0.1) is 0 Å². The lowest BCUT2D eigenvalue weighted by Crippen LogP contribution is -2.51. The molecule has 1 saturated heterocycles. The number of hydrogen-bond acceptors (Lipinski definition) is 6. The molecule has 132 valence electrons. The molecule has 3 aliphatic heterocycles. The number of amidine groups is 1. The van der Waals surface area contributed by atoms with Gasteiger partial charge < -0.3 is 24.4 Å². The van der Waals surface area contributed by atoms with Crippen molar-refractivity contribution in [2.45, 2.75) is 19.5 Å². The summed E-state index contributed by atoms with van der Waals surface area (Å²) >= 11 is 0. The predicted octanol–water partition coefficient (Wildman–Crippen LogP) is 1.09. The number of urea groups is 1. The second kappa shape index (κ2) is 6.62. The molecule has 1 atom stereocenters. The number of nitrogens with zero attached hydrogens (tertiary/aromatic N) is 5. The Morgan fingerprint density at radius 1 is 1.36 bits per heavy atom. The van der Waals surface area contributed by atoms with Crippen LogP contribution in [0.15, 0.2) is 44.7 Å². The topological polar surface area (TPSA) is 76.7 Å². The van der Waals surface area contributed by atoms with E-state index in [-0.39, 0.29) is 6.03 Å². The minimum atomic E-state index is -0.0580. The number of aliphatic imine (C=N–C) groups is 2. The van der Waals surface area contributed by atoms with E-state index in [1.165, 1.54) is 0 Å². The zero-order valence-corrected chi connectivity index (χ0v) is 14.3. The molecule has 8 heteroatoms. The number of piperazine rings is 1. The number of amides is 2. The van der Waals surface area contributed by atoms with Gasteiger partial charge in [-0.1, -0.05) is 0 Å². The van der Waals surface area contributed by atoms with Gasteiger partial charge in [-0.15, -0.1) is 0 Å². The Labute approximate surface area is 146 Å². The first-order chi connectivity index (χ1) is 12.2. The van der Waals surface area contributed by atoms with Crippen LogP contribution in [0.5, 0.6) is 0 Å². The van der Waals surface area contributed by atoms with E-state index in [0.717, 1.165) is 37.1 Å². The highest BCUT2D eigenvalue weighted by atomic mass is 16.3. The first-order valence-corrected chi connectivity index (χ1v) is 8.59.